The van der Waals surface area contributed by atoms with Crippen molar-refractivity contribution in [2.75, 3.05) is 43.5 Å². The van der Waals surface area contributed by atoms with Crippen molar-refractivity contribution >= 4 is 41.0 Å². The highest BCUT2D eigenvalue weighted by molar-refractivity contribution is 8.00. The third-order valence-electron chi connectivity index (χ3n) is 6.68. The van der Waals surface area contributed by atoms with Crippen molar-refractivity contribution < 1.29 is 18.7 Å². The summed E-state index contributed by atoms with van der Waals surface area (Å²) in [5, 5.41) is 5.37. The smallest absolute Gasteiger partial charge is 0.242 e. The molecule has 38 heavy (non-hydrogen) atoms. The molecular weight excluding hydrogens is 527 g/mol. The first-order valence-corrected chi connectivity index (χ1v) is 14.0. The van der Waals surface area contributed by atoms with E-state index in [0.717, 1.165) is 16.8 Å². The van der Waals surface area contributed by atoms with Crippen molar-refractivity contribution in [3.8, 4) is 5.69 Å². The number of thioether (sulfide) groups is 1. The van der Waals surface area contributed by atoms with Crippen molar-refractivity contribution in [3.63, 3.8) is 0 Å². The minimum Gasteiger partial charge on any atom is -0.378 e. The van der Waals surface area contributed by atoms with Crippen LogP contribution < -0.4 is 4.90 Å². The van der Waals surface area contributed by atoms with E-state index in [2.05, 4.69) is 20.8 Å². The van der Waals surface area contributed by atoms with Crippen LogP contribution in [0.5, 0.6) is 0 Å². The zero-order valence-electron chi connectivity index (χ0n) is 21.6. The first-order valence-electron chi connectivity index (χ1n) is 12.6. The molecule has 200 valence electrons. The Morgan fingerprint density at radius 2 is 1.87 bits per heavy atom. The quantitative estimate of drug-likeness (QED) is 0.453. The van der Waals surface area contributed by atoms with Gasteiger partial charge in [-0.1, -0.05) is 44.5 Å². The van der Waals surface area contributed by atoms with E-state index in [1.807, 2.05) is 24.3 Å². The van der Waals surface area contributed by atoms with Crippen LogP contribution in [0.1, 0.15) is 42.8 Å². The van der Waals surface area contributed by atoms with Crippen LogP contribution in [0.25, 0.3) is 5.69 Å². The second kappa shape index (κ2) is 10.7. The number of hydrogen-bond donors (Lipinski definition) is 0. The maximum Gasteiger partial charge on any atom is 0.242 e. The van der Waals surface area contributed by atoms with Gasteiger partial charge in [-0.05, 0) is 42.0 Å². The Morgan fingerprint density at radius 3 is 2.53 bits per heavy atom. The second-order valence-electron chi connectivity index (χ2n) is 10.4. The molecule has 7 nitrogen and oxygen atoms in total. The van der Waals surface area contributed by atoms with Crippen LogP contribution in [-0.2, 0) is 19.7 Å². The molecule has 1 unspecified atom stereocenters. The molecule has 3 aromatic rings. The zero-order chi connectivity index (χ0) is 27.0. The maximum absolute atomic E-state index is 13.9. The van der Waals surface area contributed by atoms with Crippen LogP contribution >= 0.6 is 23.4 Å². The van der Waals surface area contributed by atoms with Gasteiger partial charge in [-0.3, -0.25) is 14.5 Å². The Bertz CT molecular complexity index is 1350. The van der Waals surface area contributed by atoms with Gasteiger partial charge in [-0.25, -0.2) is 9.07 Å². The molecule has 2 aromatic carbocycles. The van der Waals surface area contributed by atoms with E-state index >= 15 is 0 Å². The summed E-state index contributed by atoms with van der Waals surface area (Å²) in [6.07, 6.45) is 0. The van der Waals surface area contributed by atoms with Crippen LogP contribution in [0.15, 0.2) is 48.5 Å². The molecule has 1 fully saturated rings. The molecule has 0 radical (unpaired) electrons. The standard InChI is InChI=1S/C28H30ClFN4O3S/c1-28(2,3)26-24-25(18-5-4-6-19(29)15-18)38-17-23(36)33(16-22(35)32-11-13-37-14-12-32)27(24)34(31-26)21-9-7-20(30)8-10-21/h4-10,15,25H,11-14,16-17H2,1-3H3. The van der Waals surface area contributed by atoms with E-state index in [4.69, 9.17) is 21.4 Å². The van der Waals surface area contributed by atoms with Gasteiger partial charge in [0.15, 0.2) is 0 Å². The van der Waals surface area contributed by atoms with Gasteiger partial charge in [-0.2, -0.15) is 5.10 Å². The van der Waals surface area contributed by atoms with E-state index in [0.29, 0.717) is 42.8 Å². The number of amides is 2. The summed E-state index contributed by atoms with van der Waals surface area (Å²) >= 11 is 7.88. The van der Waals surface area contributed by atoms with Crippen LogP contribution in [0.2, 0.25) is 5.02 Å². The topological polar surface area (TPSA) is 67.7 Å². The first-order chi connectivity index (χ1) is 18.1. The number of morpholine rings is 1. The zero-order valence-corrected chi connectivity index (χ0v) is 23.2. The lowest BCUT2D eigenvalue weighted by molar-refractivity contribution is -0.134. The highest BCUT2D eigenvalue weighted by atomic mass is 35.5. The van der Waals surface area contributed by atoms with Crippen molar-refractivity contribution in [1.82, 2.24) is 14.7 Å². The fourth-order valence-corrected chi connectivity index (χ4v) is 6.20. The summed E-state index contributed by atoms with van der Waals surface area (Å²) in [7, 11) is 0. The van der Waals surface area contributed by atoms with E-state index in [1.165, 1.54) is 23.9 Å². The molecule has 0 saturated carbocycles. The Hall–Kier alpha value is -2.88. The van der Waals surface area contributed by atoms with Gasteiger partial charge in [0.1, 0.15) is 18.2 Å². The number of hydrogen-bond acceptors (Lipinski definition) is 5. The van der Waals surface area contributed by atoms with Crippen molar-refractivity contribution in [1.29, 1.82) is 0 Å². The first kappa shape index (κ1) is 26.7. The lowest BCUT2D eigenvalue weighted by atomic mass is 9.87. The van der Waals surface area contributed by atoms with E-state index in [-0.39, 0.29) is 40.6 Å². The van der Waals surface area contributed by atoms with Crippen molar-refractivity contribution in [3.05, 3.63) is 76.2 Å². The molecule has 0 N–H and O–H groups in total. The lowest BCUT2D eigenvalue weighted by Gasteiger charge is -2.30. The SMILES string of the molecule is CC(C)(C)c1nn(-c2ccc(F)cc2)c2c1C(c1cccc(Cl)c1)SCC(=O)N2CC(=O)N1CCOCC1. The maximum atomic E-state index is 13.9. The molecule has 3 heterocycles. The largest absolute Gasteiger partial charge is 0.378 e. The number of nitrogens with zero attached hydrogens (tertiary/aromatic N) is 4. The predicted molar refractivity (Wildman–Crippen MR) is 148 cm³/mol. The third-order valence-corrected chi connectivity index (χ3v) is 8.17. The number of carbonyl (C=O) groups excluding carboxylic acids is 2. The Balaban J connectivity index is 1.73. The summed E-state index contributed by atoms with van der Waals surface area (Å²) in [4.78, 5) is 30.4. The van der Waals surface area contributed by atoms with Gasteiger partial charge in [0.05, 0.1) is 35.6 Å². The molecule has 1 aromatic heterocycles. The summed E-state index contributed by atoms with van der Waals surface area (Å²) in [6.45, 7) is 8.00. The Kier molecular flexibility index (Phi) is 7.53. The number of anilines is 1. The van der Waals surface area contributed by atoms with Crippen LogP contribution in [0.3, 0.4) is 0 Å². The van der Waals surface area contributed by atoms with Gasteiger partial charge in [0, 0.05) is 29.1 Å². The number of ether oxygens (including phenoxy) is 1. The highest BCUT2D eigenvalue weighted by Gasteiger charge is 2.40. The van der Waals surface area contributed by atoms with Gasteiger partial charge in [0.25, 0.3) is 0 Å². The molecule has 10 heteroatoms. The molecule has 1 saturated heterocycles. The summed E-state index contributed by atoms with van der Waals surface area (Å²) in [6, 6.07) is 13.6. The van der Waals surface area contributed by atoms with Crippen LogP contribution in [0.4, 0.5) is 10.2 Å². The third kappa shape index (κ3) is 5.32. The minimum atomic E-state index is -0.389. The van der Waals surface area contributed by atoms with E-state index < -0.39 is 0 Å². The molecule has 2 amide bonds. The average Bonchev–Trinajstić information content (AvgIpc) is 3.22. The van der Waals surface area contributed by atoms with E-state index in [1.54, 1.807) is 26.6 Å². The molecule has 0 spiro atoms. The molecule has 2 aliphatic heterocycles. The number of rotatable bonds is 4. The number of carbonyl (C=O) groups is 2. The predicted octanol–water partition coefficient (Wildman–Crippen LogP) is 4.99. The van der Waals surface area contributed by atoms with Gasteiger partial charge in [0.2, 0.25) is 11.8 Å². The molecule has 5 rings (SSSR count). The second-order valence-corrected chi connectivity index (χ2v) is 12.0. The highest BCUT2D eigenvalue weighted by Crippen LogP contribution is 2.48. The molecular formula is C28H30ClFN4O3S. The van der Waals surface area contributed by atoms with Gasteiger partial charge in [-0.15, -0.1) is 11.8 Å². The summed E-state index contributed by atoms with van der Waals surface area (Å²) in [5.41, 5.74) is 2.82. The molecule has 0 aliphatic carbocycles. The minimum absolute atomic E-state index is 0.120. The average molecular weight is 557 g/mol. The normalized spacial score (nSPS) is 18.3. The Labute approximate surface area is 230 Å². The lowest BCUT2D eigenvalue weighted by Crippen LogP contribution is -2.48. The van der Waals surface area contributed by atoms with Crippen LogP contribution in [0, 0.1) is 5.82 Å². The number of benzene rings is 2. The fraction of sp³-hybridized carbons (Fsp3) is 0.393. The number of aromatic nitrogens is 2. The van der Waals surface area contributed by atoms with Gasteiger partial charge < -0.3 is 9.64 Å². The summed E-state index contributed by atoms with van der Waals surface area (Å²) < 4.78 is 21.0. The number of fused-ring (bicyclic) bond motifs is 1. The van der Waals surface area contributed by atoms with Gasteiger partial charge >= 0.3 is 0 Å². The van der Waals surface area contributed by atoms with Crippen molar-refractivity contribution in [2.24, 2.45) is 0 Å². The molecule has 1 atom stereocenters. The van der Waals surface area contributed by atoms with Crippen LogP contribution in [-0.4, -0.2) is 65.1 Å². The Morgan fingerprint density at radius 1 is 1.16 bits per heavy atom. The molecule has 0 bridgehead atoms. The summed E-state index contributed by atoms with van der Waals surface area (Å²) in [5.74, 6) is -0.00191. The monoisotopic (exact) mass is 556 g/mol. The number of halogens is 2. The molecule has 2 aliphatic rings. The van der Waals surface area contributed by atoms with Crippen molar-refractivity contribution in [2.45, 2.75) is 31.4 Å². The van der Waals surface area contributed by atoms with E-state index in [9.17, 15) is 14.0 Å². The fourth-order valence-electron chi connectivity index (χ4n) is 4.82.